The molecule has 1 unspecified atom stereocenters. The standard InChI is InChI=1S/C15H25N3/c1-3-9-18(12-15-5-4-7-17-15)11-14-10-16-8-6-13(14)2/h6,8,10,15,17H,3-5,7,9,11-12H2,1-2H3. The average molecular weight is 247 g/mol. The maximum atomic E-state index is 4.25. The van der Waals surface area contributed by atoms with E-state index in [0.717, 1.165) is 6.54 Å². The van der Waals surface area contributed by atoms with E-state index in [4.69, 9.17) is 0 Å². The van der Waals surface area contributed by atoms with Crippen LogP contribution in [0.4, 0.5) is 0 Å². The molecule has 1 aliphatic heterocycles. The zero-order chi connectivity index (χ0) is 12.8. The van der Waals surface area contributed by atoms with Crippen molar-refractivity contribution in [2.75, 3.05) is 19.6 Å². The lowest BCUT2D eigenvalue weighted by molar-refractivity contribution is 0.241. The molecular weight excluding hydrogens is 222 g/mol. The fraction of sp³-hybridized carbons (Fsp3) is 0.667. The van der Waals surface area contributed by atoms with Crippen molar-refractivity contribution in [2.24, 2.45) is 0 Å². The van der Waals surface area contributed by atoms with Crippen LogP contribution in [0.2, 0.25) is 0 Å². The summed E-state index contributed by atoms with van der Waals surface area (Å²) in [6.45, 7) is 9.00. The molecule has 100 valence electrons. The van der Waals surface area contributed by atoms with Crippen molar-refractivity contribution in [2.45, 2.75) is 45.7 Å². The lowest BCUT2D eigenvalue weighted by Crippen LogP contribution is -2.37. The maximum Gasteiger partial charge on any atom is 0.0315 e. The number of hydrogen-bond acceptors (Lipinski definition) is 3. The van der Waals surface area contributed by atoms with Gasteiger partial charge in [-0.15, -0.1) is 0 Å². The van der Waals surface area contributed by atoms with E-state index in [0.29, 0.717) is 6.04 Å². The third-order valence-electron chi connectivity index (χ3n) is 3.72. The van der Waals surface area contributed by atoms with Crippen LogP contribution in [0.15, 0.2) is 18.5 Å². The van der Waals surface area contributed by atoms with Crippen LogP contribution in [0.1, 0.15) is 37.3 Å². The summed E-state index contributed by atoms with van der Waals surface area (Å²) in [6, 6.07) is 2.79. The molecule has 0 aromatic carbocycles. The minimum absolute atomic E-state index is 0.688. The Morgan fingerprint density at radius 2 is 2.39 bits per heavy atom. The number of aryl methyl sites for hydroxylation is 1. The fourth-order valence-corrected chi connectivity index (χ4v) is 2.68. The van der Waals surface area contributed by atoms with Gasteiger partial charge in [0.05, 0.1) is 0 Å². The SMILES string of the molecule is CCCN(Cc1cnccc1C)CC1CCCN1. The second kappa shape index (κ2) is 6.86. The van der Waals surface area contributed by atoms with Crippen LogP contribution in [0, 0.1) is 6.92 Å². The van der Waals surface area contributed by atoms with E-state index in [-0.39, 0.29) is 0 Å². The van der Waals surface area contributed by atoms with Crippen molar-refractivity contribution in [3.8, 4) is 0 Å². The minimum Gasteiger partial charge on any atom is -0.313 e. The lowest BCUT2D eigenvalue weighted by atomic mass is 10.1. The highest BCUT2D eigenvalue weighted by Crippen LogP contribution is 2.12. The Morgan fingerprint density at radius 3 is 3.06 bits per heavy atom. The Morgan fingerprint density at radius 1 is 1.50 bits per heavy atom. The molecule has 1 aliphatic rings. The van der Waals surface area contributed by atoms with Gasteiger partial charge in [-0.3, -0.25) is 9.88 Å². The Bertz CT molecular complexity index is 359. The van der Waals surface area contributed by atoms with Gasteiger partial charge in [0, 0.05) is 31.5 Å². The molecule has 3 nitrogen and oxygen atoms in total. The molecule has 0 saturated carbocycles. The van der Waals surface area contributed by atoms with Crippen molar-refractivity contribution in [1.82, 2.24) is 15.2 Å². The summed E-state index contributed by atoms with van der Waals surface area (Å²) in [5, 5.41) is 3.59. The second-order valence-electron chi connectivity index (χ2n) is 5.33. The molecule has 0 amide bonds. The van der Waals surface area contributed by atoms with Gasteiger partial charge in [-0.25, -0.2) is 0 Å². The first-order valence-corrected chi connectivity index (χ1v) is 7.15. The van der Waals surface area contributed by atoms with Crippen LogP contribution >= 0.6 is 0 Å². The molecule has 2 heterocycles. The van der Waals surface area contributed by atoms with E-state index >= 15 is 0 Å². The number of hydrogen-bond donors (Lipinski definition) is 1. The Balaban J connectivity index is 1.94. The molecule has 18 heavy (non-hydrogen) atoms. The van der Waals surface area contributed by atoms with Crippen LogP contribution in [0.5, 0.6) is 0 Å². The third kappa shape index (κ3) is 3.79. The normalized spacial score (nSPS) is 19.6. The van der Waals surface area contributed by atoms with Crippen molar-refractivity contribution >= 4 is 0 Å². The molecule has 1 aromatic rings. The highest BCUT2D eigenvalue weighted by Gasteiger charge is 2.17. The Labute approximate surface area is 111 Å². The number of nitrogens with zero attached hydrogens (tertiary/aromatic N) is 2. The molecule has 1 N–H and O–H groups in total. The molecule has 1 atom stereocenters. The average Bonchev–Trinajstić information content (AvgIpc) is 2.85. The Hall–Kier alpha value is -0.930. The van der Waals surface area contributed by atoms with E-state index < -0.39 is 0 Å². The largest absolute Gasteiger partial charge is 0.313 e. The van der Waals surface area contributed by atoms with Crippen LogP contribution < -0.4 is 5.32 Å². The second-order valence-corrected chi connectivity index (χ2v) is 5.33. The number of aromatic nitrogens is 1. The summed E-state index contributed by atoms with van der Waals surface area (Å²) >= 11 is 0. The van der Waals surface area contributed by atoms with Crippen molar-refractivity contribution in [3.63, 3.8) is 0 Å². The quantitative estimate of drug-likeness (QED) is 0.836. The molecular formula is C15H25N3. The van der Waals surface area contributed by atoms with Crippen LogP contribution in [-0.2, 0) is 6.54 Å². The molecule has 0 aliphatic carbocycles. The van der Waals surface area contributed by atoms with Crippen LogP contribution in [0.3, 0.4) is 0 Å². The van der Waals surface area contributed by atoms with Crippen molar-refractivity contribution < 1.29 is 0 Å². The van der Waals surface area contributed by atoms with E-state index in [9.17, 15) is 0 Å². The van der Waals surface area contributed by atoms with E-state index in [2.05, 4.69) is 35.1 Å². The highest BCUT2D eigenvalue weighted by atomic mass is 15.2. The summed E-state index contributed by atoms with van der Waals surface area (Å²) < 4.78 is 0. The fourth-order valence-electron chi connectivity index (χ4n) is 2.68. The minimum atomic E-state index is 0.688. The zero-order valence-corrected chi connectivity index (χ0v) is 11.7. The van der Waals surface area contributed by atoms with Gasteiger partial charge in [0.25, 0.3) is 0 Å². The van der Waals surface area contributed by atoms with E-state index in [1.165, 1.54) is 50.0 Å². The lowest BCUT2D eigenvalue weighted by Gasteiger charge is -2.25. The molecule has 3 heteroatoms. The number of nitrogens with one attached hydrogen (secondary N) is 1. The number of pyridine rings is 1. The third-order valence-corrected chi connectivity index (χ3v) is 3.72. The van der Waals surface area contributed by atoms with Gasteiger partial charge in [-0.1, -0.05) is 6.92 Å². The molecule has 1 aromatic heterocycles. The molecule has 2 rings (SSSR count). The predicted molar refractivity (Wildman–Crippen MR) is 75.6 cm³/mol. The highest BCUT2D eigenvalue weighted by molar-refractivity contribution is 5.21. The summed E-state index contributed by atoms with van der Waals surface area (Å²) in [7, 11) is 0. The summed E-state index contributed by atoms with van der Waals surface area (Å²) in [5.74, 6) is 0. The van der Waals surface area contributed by atoms with Crippen LogP contribution in [0.25, 0.3) is 0 Å². The first kappa shape index (κ1) is 13.5. The van der Waals surface area contributed by atoms with Crippen molar-refractivity contribution in [3.05, 3.63) is 29.6 Å². The van der Waals surface area contributed by atoms with E-state index in [1.54, 1.807) is 0 Å². The number of rotatable bonds is 6. The Kier molecular flexibility index (Phi) is 5.14. The first-order chi connectivity index (χ1) is 8.79. The van der Waals surface area contributed by atoms with Gasteiger partial charge in [-0.05, 0) is 56.5 Å². The van der Waals surface area contributed by atoms with Gasteiger partial charge < -0.3 is 5.32 Å². The zero-order valence-electron chi connectivity index (χ0n) is 11.7. The van der Waals surface area contributed by atoms with Gasteiger partial charge >= 0.3 is 0 Å². The van der Waals surface area contributed by atoms with E-state index in [1.807, 2.05) is 12.4 Å². The summed E-state index contributed by atoms with van der Waals surface area (Å²) in [5.41, 5.74) is 2.72. The van der Waals surface area contributed by atoms with Gasteiger partial charge in [-0.2, -0.15) is 0 Å². The van der Waals surface area contributed by atoms with Crippen LogP contribution in [-0.4, -0.2) is 35.6 Å². The monoisotopic (exact) mass is 247 g/mol. The molecule has 0 radical (unpaired) electrons. The summed E-state index contributed by atoms with van der Waals surface area (Å²) in [4.78, 5) is 6.81. The van der Waals surface area contributed by atoms with Crippen molar-refractivity contribution in [1.29, 1.82) is 0 Å². The molecule has 1 saturated heterocycles. The molecule has 0 bridgehead atoms. The molecule has 1 fully saturated rings. The van der Waals surface area contributed by atoms with Gasteiger partial charge in [0.15, 0.2) is 0 Å². The predicted octanol–water partition coefficient (Wildman–Crippen LogP) is 2.35. The summed E-state index contributed by atoms with van der Waals surface area (Å²) in [6.07, 6.45) is 7.76. The first-order valence-electron chi connectivity index (χ1n) is 7.15. The smallest absolute Gasteiger partial charge is 0.0315 e. The molecule has 0 spiro atoms. The maximum absolute atomic E-state index is 4.25. The van der Waals surface area contributed by atoms with Gasteiger partial charge in [0.2, 0.25) is 0 Å². The van der Waals surface area contributed by atoms with Gasteiger partial charge in [0.1, 0.15) is 0 Å². The topological polar surface area (TPSA) is 28.2 Å².